The van der Waals surface area contributed by atoms with Gasteiger partial charge in [0.2, 0.25) is 10.0 Å². The summed E-state index contributed by atoms with van der Waals surface area (Å²) in [5, 5.41) is 0. The Hall–Kier alpha value is -0.930. The highest BCUT2D eigenvalue weighted by atomic mass is 32.2. The molecule has 1 rings (SSSR count). The van der Waals surface area contributed by atoms with Crippen LogP contribution in [0.2, 0.25) is 0 Å². The maximum atomic E-state index is 11.9. The monoisotopic (exact) mass is 314 g/mol. The number of benzene rings is 1. The fourth-order valence-electron chi connectivity index (χ4n) is 1.14. The second-order valence-electron chi connectivity index (χ2n) is 3.64. The van der Waals surface area contributed by atoms with Crippen LogP contribution in [-0.2, 0) is 10.0 Å². The highest BCUT2D eigenvalue weighted by molar-refractivity contribution is 8.00. The van der Waals surface area contributed by atoms with Crippen LogP contribution in [0.25, 0.3) is 0 Å². The van der Waals surface area contributed by atoms with E-state index in [2.05, 4.69) is 0 Å². The zero-order valence-electron chi connectivity index (χ0n) is 9.77. The molecule has 0 heterocycles. The lowest BCUT2D eigenvalue weighted by Gasteiger charge is -2.09. The average Bonchev–Trinajstić information content (AvgIpc) is 2.28. The van der Waals surface area contributed by atoms with Crippen LogP contribution in [0.3, 0.4) is 0 Å². The van der Waals surface area contributed by atoms with E-state index in [1.54, 1.807) is 24.3 Å². The molecule has 0 atom stereocenters. The molecule has 0 spiro atoms. The van der Waals surface area contributed by atoms with Gasteiger partial charge in [0.15, 0.2) is 0 Å². The minimum absolute atomic E-state index is 0.126. The van der Waals surface area contributed by atoms with Crippen molar-refractivity contribution in [3.63, 3.8) is 0 Å². The zero-order valence-corrected chi connectivity index (χ0v) is 11.4. The number of nitrogens with one attached hydrogen (secondary N) is 1. The number of hydrogen-bond donors (Lipinski definition) is 2. The second-order valence-corrected chi connectivity index (χ2v) is 6.70. The van der Waals surface area contributed by atoms with E-state index in [1.165, 1.54) is 16.5 Å². The van der Waals surface area contributed by atoms with Gasteiger partial charge in [-0.05, 0) is 12.1 Å². The maximum absolute atomic E-state index is 11.9. The van der Waals surface area contributed by atoms with Crippen LogP contribution in [0, 0.1) is 0 Å². The summed E-state index contributed by atoms with van der Waals surface area (Å²) in [5.41, 5.74) is 6.16. The highest BCUT2D eigenvalue weighted by Gasteiger charge is 2.29. The van der Waals surface area contributed by atoms with Crippen molar-refractivity contribution in [3.8, 4) is 0 Å². The summed E-state index contributed by atoms with van der Waals surface area (Å²) >= 11 is 1.18. The summed E-state index contributed by atoms with van der Waals surface area (Å²) in [7, 11) is -3.93. The Bertz CT molecular complexity index is 518. The van der Waals surface area contributed by atoms with Crippen LogP contribution >= 0.6 is 11.8 Å². The number of thioether (sulfide) groups is 1. The third-order valence-electron chi connectivity index (χ3n) is 2.02. The van der Waals surface area contributed by atoms with E-state index in [4.69, 9.17) is 5.73 Å². The molecule has 0 aromatic heterocycles. The van der Waals surface area contributed by atoms with Gasteiger partial charge >= 0.3 is 6.18 Å². The number of hydrogen-bond acceptors (Lipinski definition) is 4. The van der Waals surface area contributed by atoms with Crippen molar-refractivity contribution < 1.29 is 21.6 Å². The summed E-state index contributed by atoms with van der Waals surface area (Å²) in [5.74, 6) is -0.274. The number of nitrogen functional groups attached to an aromatic ring is 1. The van der Waals surface area contributed by atoms with Crippen molar-refractivity contribution in [3.05, 3.63) is 24.3 Å². The van der Waals surface area contributed by atoms with Crippen molar-refractivity contribution in [1.82, 2.24) is 4.72 Å². The average molecular weight is 314 g/mol. The van der Waals surface area contributed by atoms with E-state index < -0.39 is 28.5 Å². The first-order valence-electron chi connectivity index (χ1n) is 5.21. The van der Waals surface area contributed by atoms with Gasteiger partial charge in [0.1, 0.15) is 6.54 Å². The fourth-order valence-corrected chi connectivity index (χ4v) is 3.51. The molecular formula is C10H13F3N2O2S2. The number of anilines is 1. The number of halogens is 3. The van der Waals surface area contributed by atoms with Crippen molar-refractivity contribution in [2.75, 3.05) is 23.8 Å². The molecule has 9 heteroatoms. The minimum atomic E-state index is -4.55. The summed E-state index contributed by atoms with van der Waals surface area (Å²) in [6.45, 7) is -1.55. The van der Waals surface area contributed by atoms with Crippen LogP contribution < -0.4 is 10.5 Å². The molecule has 108 valence electrons. The van der Waals surface area contributed by atoms with Crippen molar-refractivity contribution in [1.29, 1.82) is 0 Å². The molecule has 0 bridgehead atoms. The quantitative estimate of drug-likeness (QED) is 0.621. The lowest BCUT2D eigenvalue weighted by molar-refractivity contribution is -0.121. The Morgan fingerprint density at radius 3 is 2.47 bits per heavy atom. The first-order valence-corrected chi connectivity index (χ1v) is 7.85. The van der Waals surface area contributed by atoms with Gasteiger partial charge in [-0.15, -0.1) is 11.8 Å². The van der Waals surface area contributed by atoms with Gasteiger partial charge in [-0.1, -0.05) is 12.1 Å². The van der Waals surface area contributed by atoms with Crippen LogP contribution in [0.15, 0.2) is 29.2 Å². The normalized spacial score (nSPS) is 12.6. The Kier molecular flexibility index (Phi) is 5.50. The van der Waals surface area contributed by atoms with Gasteiger partial charge in [-0.2, -0.15) is 13.2 Å². The number of para-hydroxylation sites is 1. The SMILES string of the molecule is Nc1ccccc1SCCS(=O)(=O)NCC(F)(F)F. The molecule has 0 saturated heterocycles. The molecule has 0 fully saturated rings. The van der Waals surface area contributed by atoms with Crippen molar-refractivity contribution in [2.45, 2.75) is 11.1 Å². The lowest BCUT2D eigenvalue weighted by Crippen LogP contribution is -2.35. The first-order chi connectivity index (χ1) is 8.70. The molecular weight excluding hydrogens is 301 g/mol. The smallest absolute Gasteiger partial charge is 0.398 e. The Morgan fingerprint density at radius 2 is 1.89 bits per heavy atom. The summed E-state index contributed by atoms with van der Waals surface area (Å²) in [4.78, 5) is 0.702. The van der Waals surface area contributed by atoms with E-state index in [-0.39, 0.29) is 5.75 Å². The molecule has 0 radical (unpaired) electrons. The largest absolute Gasteiger partial charge is 0.402 e. The molecule has 0 aliphatic rings. The molecule has 1 aromatic rings. The van der Waals surface area contributed by atoms with Gasteiger partial charge in [-0.25, -0.2) is 13.1 Å². The fraction of sp³-hybridized carbons (Fsp3) is 0.400. The van der Waals surface area contributed by atoms with Gasteiger partial charge in [0.25, 0.3) is 0 Å². The highest BCUT2D eigenvalue weighted by Crippen LogP contribution is 2.24. The minimum Gasteiger partial charge on any atom is -0.398 e. The molecule has 4 nitrogen and oxygen atoms in total. The summed E-state index contributed by atoms with van der Waals surface area (Å²) < 4.78 is 59.7. The second kappa shape index (κ2) is 6.49. The van der Waals surface area contributed by atoms with E-state index in [0.29, 0.717) is 10.6 Å². The summed E-state index contributed by atoms with van der Waals surface area (Å²) in [6.07, 6.45) is -4.55. The molecule has 0 aliphatic carbocycles. The number of alkyl halides is 3. The van der Waals surface area contributed by atoms with Crippen LogP contribution in [-0.4, -0.2) is 32.6 Å². The van der Waals surface area contributed by atoms with E-state index in [1.807, 2.05) is 0 Å². The first kappa shape index (κ1) is 16.1. The van der Waals surface area contributed by atoms with Crippen molar-refractivity contribution in [2.24, 2.45) is 0 Å². The van der Waals surface area contributed by atoms with Crippen LogP contribution in [0.5, 0.6) is 0 Å². The van der Waals surface area contributed by atoms with E-state index >= 15 is 0 Å². The Balaban J connectivity index is 2.42. The Labute approximate surface area is 113 Å². The molecule has 0 saturated carbocycles. The molecule has 1 aromatic carbocycles. The van der Waals surface area contributed by atoms with Gasteiger partial charge in [0.05, 0.1) is 5.75 Å². The molecule has 0 aliphatic heterocycles. The van der Waals surface area contributed by atoms with Gasteiger partial charge in [-0.3, -0.25) is 0 Å². The maximum Gasteiger partial charge on any atom is 0.402 e. The van der Waals surface area contributed by atoms with Gasteiger partial charge < -0.3 is 5.73 Å². The van der Waals surface area contributed by atoms with E-state index in [9.17, 15) is 21.6 Å². The molecule has 0 unspecified atom stereocenters. The van der Waals surface area contributed by atoms with Crippen LogP contribution in [0.4, 0.5) is 18.9 Å². The molecule has 0 amide bonds. The predicted octanol–water partition coefficient (Wildman–Crippen LogP) is 1.84. The summed E-state index contributed by atoms with van der Waals surface area (Å²) in [6, 6.07) is 6.87. The zero-order chi connectivity index (χ0) is 14.5. The van der Waals surface area contributed by atoms with Gasteiger partial charge in [0, 0.05) is 16.3 Å². The number of sulfonamides is 1. The topological polar surface area (TPSA) is 72.2 Å². The number of rotatable bonds is 6. The third kappa shape index (κ3) is 6.69. The van der Waals surface area contributed by atoms with E-state index in [0.717, 1.165) is 0 Å². The Morgan fingerprint density at radius 1 is 1.26 bits per heavy atom. The van der Waals surface area contributed by atoms with Crippen molar-refractivity contribution >= 4 is 27.5 Å². The lowest BCUT2D eigenvalue weighted by atomic mass is 10.3. The standard InChI is InChI=1S/C10H13F3N2O2S2/c11-10(12,13)7-15-19(16,17)6-5-18-9-4-2-1-3-8(9)14/h1-4,15H,5-7,14H2. The van der Waals surface area contributed by atoms with Crippen LogP contribution in [0.1, 0.15) is 0 Å². The molecule has 3 N–H and O–H groups in total. The molecule has 19 heavy (non-hydrogen) atoms. The number of nitrogens with two attached hydrogens (primary N) is 1. The third-order valence-corrected chi connectivity index (χ3v) is 4.70. The predicted molar refractivity (Wildman–Crippen MR) is 69.4 cm³/mol.